The van der Waals surface area contributed by atoms with Gasteiger partial charge in [-0.15, -0.1) is 11.3 Å². The van der Waals surface area contributed by atoms with E-state index in [2.05, 4.69) is 64.5 Å². The van der Waals surface area contributed by atoms with Gasteiger partial charge in [0.05, 0.1) is 39.8 Å². The number of rotatable bonds is 6. The Bertz CT molecular complexity index is 2800. The molecule has 1 fully saturated rings. The lowest BCUT2D eigenvalue weighted by Gasteiger charge is -2.20. The Kier molecular flexibility index (Phi) is 8.87. The Morgan fingerprint density at radius 3 is 2.59 bits per heavy atom. The minimum absolute atomic E-state index is 0.0510. The van der Waals surface area contributed by atoms with Gasteiger partial charge in [0.15, 0.2) is 0 Å². The second kappa shape index (κ2) is 13.8. The fourth-order valence-electron chi connectivity index (χ4n) is 7.17. The highest BCUT2D eigenvalue weighted by molar-refractivity contribution is 7.19. The molecule has 8 rings (SSSR count). The Labute approximate surface area is 314 Å². The van der Waals surface area contributed by atoms with Crippen LogP contribution in [0, 0.1) is 11.8 Å². The minimum Gasteiger partial charge on any atom is -0.340 e. The van der Waals surface area contributed by atoms with Crippen LogP contribution in [-0.2, 0) is 23.7 Å². The van der Waals surface area contributed by atoms with E-state index in [1.807, 2.05) is 56.7 Å². The molecule has 54 heavy (non-hydrogen) atoms. The van der Waals surface area contributed by atoms with Crippen molar-refractivity contribution in [2.24, 2.45) is 14.1 Å². The number of nitrogens with one attached hydrogen (secondary N) is 2. The van der Waals surface area contributed by atoms with Gasteiger partial charge in [-0.2, -0.15) is 0 Å². The van der Waals surface area contributed by atoms with Crippen LogP contribution in [0.5, 0.6) is 0 Å². The summed E-state index contributed by atoms with van der Waals surface area (Å²) in [6.07, 6.45) is 5.88. The zero-order chi connectivity index (χ0) is 37.7. The number of pyridine rings is 3. The van der Waals surface area contributed by atoms with Gasteiger partial charge in [0, 0.05) is 60.1 Å². The molecule has 0 saturated carbocycles. The first-order chi connectivity index (χ1) is 26.1. The van der Waals surface area contributed by atoms with Crippen LogP contribution in [0.1, 0.15) is 65.1 Å². The summed E-state index contributed by atoms with van der Waals surface area (Å²) in [4.78, 5) is 64.2. The van der Waals surface area contributed by atoms with Gasteiger partial charge >= 0.3 is 5.69 Å². The average molecular weight is 734 g/mol. The van der Waals surface area contributed by atoms with E-state index >= 15 is 0 Å². The molecule has 0 aliphatic carbocycles. The third-order valence-corrected chi connectivity index (χ3v) is 11.0. The number of aromatic nitrogens is 5. The molecule has 0 radical (unpaired) electrons. The summed E-state index contributed by atoms with van der Waals surface area (Å²) >= 11 is 1.48. The van der Waals surface area contributed by atoms with Crippen molar-refractivity contribution in [3.05, 3.63) is 112 Å². The molecule has 1 atom stereocenters. The maximum absolute atomic E-state index is 12.9. The van der Waals surface area contributed by atoms with Crippen molar-refractivity contribution in [2.45, 2.75) is 38.5 Å². The molecule has 5 aromatic heterocycles. The molecular formula is C42H35N7O4S. The third-order valence-electron chi connectivity index (χ3n) is 9.97. The number of benzene rings is 2. The van der Waals surface area contributed by atoms with Gasteiger partial charge in [-0.3, -0.25) is 43.8 Å². The van der Waals surface area contributed by atoms with Crippen molar-refractivity contribution >= 4 is 61.0 Å². The van der Waals surface area contributed by atoms with Gasteiger partial charge in [0.2, 0.25) is 11.8 Å². The molecule has 11 nitrogen and oxygen atoms in total. The second-order valence-electron chi connectivity index (χ2n) is 13.7. The van der Waals surface area contributed by atoms with Crippen molar-refractivity contribution in [1.29, 1.82) is 0 Å². The minimum atomic E-state index is -0.483. The maximum atomic E-state index is 12.9. The lowest BCUT2D eigenvalue weighted by molar-refractivity contribution is -0.134. The first-order valence-electron chi connectivity index (χ1n) is 17.6. The summed E-state index contributed by atoms with van der Waals surface area (Å²) in [7, 11) is 3.63. The van der Waals surface area contributed by atoms with Crippen LogP contribution < -0.4 is 16.3 Å². The fourth-order valence-corrected chi connectivity index (χ4v) is 8.11. The van der Waals surface area contributed by atoms with Gasteiger partial charge < -0.3 is 5.32 Å². The topological polar surface area (TPSA) is 141 Å². The summed E-state index contributed by atoms with van der Waals surface area (Å²) in [5, 5.41) is 8.05. The van der Waals surface area contributed by atoms with E-state index in [1.165, 1.54) is 11.3 Å². The number of fused-ring (bicyclic) bond motifs is 3. The van der Waals surface area contributed by atoms with Gasteiger partial charge in [0.1, 0.15) is 5.69 Å². The number of nitrogens with zero attached hydrogens (tertiary/aromatic N) is 5. The largest absolute Gasteiger partial charge is 0.340 e. The molecular weight excluding hydrogens is 699 g/mol. The molecule has 268 valence electrons. The summed E-state index contributed by atoms with van der Waals surface area (Å²) in [6, 6.07) is 19.7. The number of aryl methyl sites for hydroxylation is 2. The van der Waals surface area contributed by atoms with E-state index in [-0.39, 0.29) is 48.0 Å². The molecule has 2 N–H and O–H groups in total. The Morgan fingerprint density at radius 2 is 1.81 bits per heavy atom. The first kappa shape index (κ1) is 34.6. The predicted octanol–water partition coefficient (Wildman–Crippen LogP) is 6.19. The molecule has 7 aromatic rings. The number of thiophene rings is 1. The van der Waals surface area contributed by atoms with Crippen LogP contribution in [0.2, 0.25) is 0 Å². The van der Waals surface area contributed by atoms with Gasteiger partial charge in [-0.1, -0.05) is 43.9 Å². The Hall–Kier alpha value is -6.45. The zero-order valence-corrected chi connectivity index (χ0v) is 30.9. The maximum Gasteiger partial charge on any atom is 0.328 e. The van der Waals surface area contributed by atoms with Crippen molar-refractivity contribution in [3.63, 3.8) is 0 Å². The van der Waals surface area contributed by atoms with Crippen molar-refractivity contribution in [3.8, 4) is 34.2 Å². The zero-order valence-electron chi connectivity index (χ0n) is 30.1. The highest BCUT2D eigenvalue weighted by Gasteiger charge is 2.30. The highest BCUT2D eigenvalue weighted by atomic mass is 32.1. The second-order valence-corrected chi connectivity index (χ2v) is 14.8. The monoisotopic (exact) mass is 733 g/mol. The number of imidazole rings is 1. The van der Waals surface area contributed by atoms with Gasteiger partial charge in [0.25, 0.3) is 5.91 Å². The average Bonchev–Trinajstić information content (AvgIpc) is 3.70. The van der Waals surface area contributed by atoms with Crippen LogP contribution in [0.4, 0.5) is 0 Å². The van der Waals surface area contributed by atoms with E-state index < -0.39 is 5.92 Å². The molecule has 12 heteroatoms. The van der Waals surface area contributed by atoms with E-state index in [4.69, 9.17) is 4.98 Å². The summed E-state index contributed by atoms with van der Waals surface area (Å²) < 4.78 is 4.37. The number of piperidine rings is 1. The SMILES string of the molecule is CC(C)c1cc(-c2cccc3cc(-c4ccc(C(=O)NCC#Cc5cc6c(C7CCC(=O)NC7=O)nccc6s5)nc4)ncc23)cc2c1n(C)c(=O)n2C. The summed E-state index contributed by atoms with van der Waals surface area (Å²) in [5.41, 5.74) is 7.37. The molecule has 6 heterocycles. The molecule has 2 aromatic carbocycles. The number of amides is 3. The Balaban J connectivity index is 0.969. The van der Waals surface area contributed by atoms with Crippen LogP contribution in [-0.4, -0.2) is 48.4 Å². The van der Waals surface area contributed by atoms with E-state index in [0.717, 1.165) is 64.7 Å². The molecule has 1 aliphatic heterocycles. The van der Waals surface area contributed by atoms with Crippen LogP contribution in [0.25, 0.3) is 54.3 Å². The Morgan fingerprint density at radius 1 is 0.963 bits per heavy atom. The molecule has 1 saturated heterocycles. The van der Waals surface area contributed by atoms with E-state index in [0.29, 0.717) is 12.1 Å². The lowest BCUT2D eigenvalue weighted by Crippen LogP contribution is -2.39. The summed E-state index contributed by atoms with van der Waals surface area (Å²) in [5.74, 6) is 4.90. The smallest absolute Gasteiger partial charge is 0.328 e. The van der Waals surface area contributed by atoms with Crippen molar-refractivity contribution in [1.82, 2.24) is 34.7 Å². The molecule has 0 spiro atoms. The standard InChI is InChI=1S/C42H35N7O4S/c1-23(2)30-17-26(19-35-39(30)49(4)42(53)48(35)3)28-9-5-7-24-18-34(46-22-32(24)28)25-10-12-33(45-21-25)41(52)44-15-6-8-27-20-31-36(54-27)14-16-43-38(31)29-11-13-37(50)47-40(29)51/h5,7,9-10,12,14,16-23,29H,11,13,15H2,1-4H3,(H,44,52)(H,47,50,51). The van der Waals surface area contributed by atoms with Crippen LogP contribution in [0.3, 0.4) is 0 Å². The van der Waals surface area contributed by atoms with Crippen molar-refractivity contribution < 1.29 is 14.4 Å². The van der Waals surface area contributed by atoms with E-state index in [9.17, 15) is 19.2 Å². The first-order valence-corrected chi connectivity index (χ1v) is 18.4. The molecule has 1 unspecified atom stereocenters. The highest BCUT2D eigenvalue weighted by Crippen LogP contribution is 2.36. The number of hydrogen-bond acceptors (Lipinski definition) is 8. The normalized spacial score (nSPS) is 14.4. The molecule has 0 bridgehead atoms. The number of hydrogen-bond donors (Lipinski definition) is 2. The predicted molar refractivity (Wildman–Crippen MR) is 210 cm³/mol. The molecule has 3 amide bonds. The quantitative estimate of drug-likeness (QED) is 0.154. The van der Waals surface area contributed by atoms with Gasteiger partial charge in [-0.25, -0.2) is 4.79 Å². The van der Waals surface area contributed by atoms with Crippen LogP contribution in [0.15, 0.2) is 84.0 Å². The van der Waals surface area contributed by atoms with Crippen molar-refractivity contribution in [2.75, 3.05) is 6.54 Å². The van der Waals surface area contributed by atoms with E-state index in [1.54, 1.807) is 27.6 Å². The number of carbonyl (C=O) groups is 3. The fraction of sp³-hybridized carbons (Fsp3) is 0.214. The lowest BCUT2D eigenvalue weighted by atomic mass is 9.92. The van der Waals surface area contributed by atoms with Crippen LogP contribution >= 0.6 is 11.3 Å². The number of imide groups is 1. The number of carbonyl (C=O) groups excluding carboxylic acids is 3. The van der Waals surface area contributed by atoms with Gasteiger partial charge in [-0.05, 0) is 76.9 Å². The molecule has 1 aliphatic rings. The summed E-state index contributed by atoms with van der Waals surface area (Å²) in [6.45, 7) is 4.40. The third kappa shape index (κ3) is 6.22.